The predicted octanol–water partition coefficient (Wildman–Crippen LogP) is 4.15. The third kappa shape index (κ3) is 3.00. The second-order valence-electron chi connectivity index (χ2n) is 4.68. The van der Waals surface area contributed by atoms with Crippen molar-refractivity contribution in [2.75, 3.05) is 5.32 Å². The summed E-state index contributed by atoms with van der Waals surface area (Å²) in [6.07, 6.45) is -0.552. The lowest BCUT2D eigenvalue weighted by molar-refractivity contribution is 0.213. The Balaban J connectivity index is 1.80. The van der Waals surface area contributed by atoms with E-state index in [1.54, 1.807) is 18.2 Å². The Labute approximate surface area is 122 Å². The summed E-state index contributed by atoms with van der Waals surface area (Å²) in [7, 11) is 0. The highest BCUT2D eigenvalue weighted by molar-refractivity contribution is 5.87. The number of carbonyl (C=O) groups is 1. The summed E-state index contributed by atoms with van der Waals surface area (Å²) in [5, 5.41) is 3.71. The fraction of sp³-hybridized carbons (Fsp3) is 0.0588. The van der Waals surface area contributed by atoms with Gasteiger partial charge in [-0.1, -0.05) is 36.4 Å². The van der Waals surface area contributed by atoms with Crippen LogP contribution in [0.2, 0.25) is 0 Å². The van der Waals surface area contributed by atoms with Gasteiger partial charge in [0.05, 0.1) is 5.52 Å². The molecule has 3 rings (SSSR count). The van der Waals surface area contributed by atoms with Crippen molar-refractivity contribution in [1.29, 1.82) is 0 Å². The van der Waals surface area contributed by atoms with Gasteiger partial charge in [0.25, 0.3) is 0 Å². The molecule has 0 unspecified atom stereocenters. The van der Waals surface area contributed by atoms with Crippen LogP contribution in [0.1, 0.15) is 5.56 Å². The molecule has 3 aromatic rings. The molecular weight excluding hydrogens is 264 g/mol. The van der Waals surface area contributed by atoms with Gasteiger partial charge in [-0.25, -0.2) is 9.78 Å². The molecule has 0 aliphatic rings. The van der Waals surface area contributed by atoms with Gasteiger partial charge >= 0.3 is 6.09 Å². The number of aryl methyl sites for hydroxylation is 1. The van der Waals surface area contributed by atoms with Crippen molar-refractivity contribution in [3.8, 4) is 5.88 Å². The minimum Gasteiger partial charge on any atom is -0.391 e. The fourth-order valence-electron chi connectivity index (χ4n) is 2.13. The highest BCUT2D eigenvalue weighted by Crippen LogP contribution is 2.21. The normalized spacial score (nSPS) is 10.3. The minimum absolute atomic E-state index is 0.291. The molecule has 0 bridgehead atoms. The number of benzene rings is 2. The molecule has 0 fully saturated rings. The molecule has 0 saturated carbocycles. The van der Waals surface area contributed by atoms with E-state index in [-0.39, 0.29) is 0 Å². The topological polar surface area (TPSA) is 51.2 Å². The van der Waals surface area contributed by atoms with Gasteiger partial charge in [-0.05, 0) is 30.7 Å². The Morgan fingerprint density at radius 1 is 1.05 bits per heavy atom. The number of hydrogen-bond donors (Lipinski definition) is 1. The third-order valence-electron chi connectivity index (χ3n) is 3.12. The van der Waals surface area contributed by atoms with Crippen LogP contribution < -0.4 is 10.1 Å². The molecule has 0 aliphatic heterocycles. The van der Waals surface area contributed by atoms with E-state index in [4.69, 9.17) is 4.74 Å². The number of nitrogens with one attached hydrogen (secondary N) is 1. The molecule has 0 radical (unpaired) electrons. The van der Waals surface area contributed by atoms with E-state index in [2.05, 4.69) is 10.3 Å². The van der Waals surface area contributed by atoms with Gasteiger partial charge in [0.1, 0.15) is 0 Å². The maximum absolute atomic E-state index is 11.9. The van der Waals surface area contributed by atoms with Crippen LogP contribution in [-0.4, -0.2) is 11.1 Å². The van der Waals surface area contributed by atoms with Crippen LogP contribution in [0.15, 0.2) is 60.7 Å². The van der Waals surface area contributed by atoms with Crippen LogP contribution >= 0.6 is 0 Å². The van der Waals surface area contributed by atoms with E-state index in [1.807, 2.05) is 49.4 Å². The minimum atomic E-state index is -0.552. The molecule has 1 heterocycles. The first-order valence-electron chi connectivity index (χ1n) is 6.62. The van der Waals surface area contributed by atoms with Crippen molar-refractivity contribution < 1.29 is 9.53 Å². The summed E-state index contributed by atoms with van der Waals surface area (Å²) in [6, 6.07) is 18.7. The molecule has 104 valence electrons. The van der Waals surface area contributed by atoms with Crippen molar-refractivity contribution in [2.24, 2.45) is 0 Å². The molecule has 0 saturated heterocycles. The van der Waals surface area contributed by atoms with Crippen LogP contribution in [0.25, 0.3) is 10.9 Å². The lowest BCUT2D eigenvalue weighted by Crippen LogP contribution is -2.17. The molecule has 21 heavy (non-hydrogen) atoms. The summed E-state index contributed by atoms with van der Waals surface area (Å²) in [5.41, 5.74) is 2.50. The average molecular weight is 278 g/mol. The summed E-state index contributed by atoms with van der Waals surface area (Å²) in [6.45, 7) is 1.96. The molecule has 1 N–H and O–H groups in total. The number of pyridine rings is 1. The van der Waals surface area contributed by atoms with E-state index in [1.165, 1.54) is 0 Å². The molecule has 4 nitrogen and oxygen atoms in total. The van der Waals surface area contributed by atoms with Crippen molar-refractivity contribution in [1.82, 2.24) is 4.98 Å². The summed E-state index contributed by atoms with van der Waals surface area (Å²) >= 11 is 0. The van der Waals surface area contributed by atoms with E-state index in [0.717, 1.165) is 16.5 Å². The molecule has 0 aliphatic carbocycles. The van der Waals surface area contributed by atoms with Crippen LogP contribution in [0.4, 0.5) is 10.5 Å². The molecule has 2 aromatic carbocycles. The van der Waals surface area contributed by atoms with Gasteiger partial charge < -0.3 is 4.74 Å². The molecule has 1 aromatic heterocycles. The first kappa shape index (κ1) is 13.1. The van der Waals surface area contributed by atoms with Crippen LogP contribution in [0.3, 0.4) is 0 Å². The Bertz CT molecular complexity index is 785. The van der Waals surface area contributed by atoms with E-state index >= 15 is 0 Å². The largest absolute Gasteiger partial charge is 0.418 e. The fourth-order valence-corrected chi connectivity index (χ4v) is 2.13. The number of anilines is 1. The Hall–Kier alpha value is -2.88. The van der Waals surface area contributed by atoms with Gasteiger partial charge in [0.2, 0.25) is 5.88 Å². The van der Waals surface area contributed by atoms with Gasteiger partial charge in [-0.15, -0.1) is 0 Å². The molecule has 1 amide bonds. The second kappa shape index (κ2) is 5.63. The number of nitrogens with zero attached hydrogens (tertiary/aromatic N) is 1. The lowest BCUT2D eigenvalue weighted by atomic mass is 10.1. The number of hydrogen-bond acceptors (Lipinski definition) is 3. The van der Waals surface area contributed by atoms with E-state index in [0.29, 0.717) is 11.6 Å². The van der Waals surface area contributed by atoms with Gasteiger partial charge in [-0.2, -0.15) is 0 Å². The number of ether oxygens (including phenoxy) is 1. The van der Waals surface area contributed by atoms with Gasteiger partial charge in [0.15, 0.2) is 0 Å². The molecule has 4 heteroatoms. The van der Waals surface area contributed by atoms with Crippen molar-refractivity contribution >= 4 is 22.7 Å². The second-order valence-corrected chi connectivity index (χ2v) is 4.68. The monoisotopic (exact) mass is 278 g/mol. The molecular formula is C17H14N2O2. The first-order chi connectivity index (χ1) is 10.2. The van der Waals surface area contributed by atoms with Gasteiger partial charge in [-0.3, -0.25) is 5.32 Å². The van der Waals surface area contributed by atoms with E-state index < -0.39 is 6.09 Å². The summed E-state index contributed by atoms with van der Waals surface area (Å²) in [4.78, 5) is 16.2. The van der Waals surface area contributed by atoms with Crippen LogP contribution in [-0.2, 0) is 0 Å². The zero-order valence-corrected chi connectivity index (χ0v) is 11.5. The van der Waals surface area contributed by atoms with Crippen LogP contribution in [0.5, 0.6) is 5.88 Å². The van der Waals surface area contributed by atoms with Crippen molar-refractivity contribution in [2.45, 2.75) is 6.92 Å². The SMILES string of the molecule is Cc1cc(OC(=O)Nc2ccccc2)nc2ccccc12. The number of rotatable bonds is 2. The maximum Gasteiger partial charge on any atom is 0.418 e. The molecule has 0 atom stereocenters. The number of aromatic nitrogens is 1. The van der Waals surface area contributed by atoms with E-state index in [9.17, 15) is 4.79 Å². The average Bonchev–Trinajstić information content (AvgIpc) is 2.48. The highest BCUT2D eigenvalue weighted by Gasteiger charge is 2.08. The number of fused-ring (bicyclic) bond motifs is 1. The highest BCUT2D eigenvalue weighted by atomic mass is 16.6. The quantitative estimate of drug-likeness (QED) is 0.766. The zero-order valence-electron chi connectivity index (χ0n) is 11.5. The van der Waals surface area contributed by atoms with Crippen molar-refractivity contribution in [3.63, 3.8) is 0 Å². The zero-order chi connectivity index (χ0) is 14.7. The first-order valence-corrected chi connectivity index (χ1v) is 6.62. The van der Waals surface area contributed by atoms with Crippen molar-refractivity contribution in [3.05, 3.63) is 66.2 Å². The summed E-state index contributed by atoms with van der Waals surface area (Å²) in [5.74, 6) is 0.291. The number of amides is 1. The Morgan fingerprint density at radius 3 is 2.57 bits per heavy atom. The predicted molar refractivity (Wildman–Crippen MR) is 82.6 cm³/mol. The smallest absolute Gasteiger partial charge is 0.391 e. The lowest BCUT2D eigenvalue weighted by Gasteiger charge is -2.08. The molecule has 0 spiro atoms. The maximum atomic E-state index is 11.9. The van der Waals surface area contributed by atoms with Crippen LogP contribution in [0, 0.1) is 6.92 Å². The standard InChI is InChI=1S/C17H14N2O2/c1-12-11-16(19-15-10-6-5-9-14(12)15)21-17(20)18-13-7-3-2-4-8-13/h2-11H,1H3,(H,18,20). The Kier molecular flexibility index (Phi) is 3.51. The van der Waals surface area contributed by atoms with Gasteiger partial charge in [0, 0.05) is 17.1 Å². The number of carbonyl (C=O) groups excluding carboxylic acids is 1. The third-order valence-corrected chi connectivity index (χ3v) is 3.12. The Morgan fingerprint density at radius 2 is 1.76 bits per heavy atom. The summed E-state index contributed by atoms with van der Waals surface area (Å²) < 4.78 is 5.25. The number of para-hydroxylation sites is 2.